The van der Waals surface area contributed by atoms with Gasteiger partial charge in [0.1, 0.15) is 11.5 Å². The molecule has 0 bridgehead atoms. The van der Waals surface area contributed by atoms with Crippen LogP contribution in [0.5, 0.6) is 5.75 Å². The summed E-state index contributed by atoms with van der Waals surface area (Å²) in [6.07, 6.45) is 0. The third-order valence-corrected chi connectivity index (χ3v) is 7.13. The first-order valence-electron chi connectivity index (χ1n) is 13.3. The molecule has 1 unspecified atom stereocenters. The van der Waals surface area contributed by atoms with Crippen molar-refractivity contribution in [3.05, 3.63) is 94.6 Å². The van der Waals surface area contributed by atoms with Crippen LogP contribution in [0.25, 0.3) is 5.76 Å². The first-order chi connectivity index (χ1) is 18.8. The molecule has 7 heteroatoms. The summed E-state index contributed by atoms with van der Waals surface area (Å²) >= 11 is 0. The molecule has 1 fully saturated rings. The van der Waals surface area contributed by atoms with Crippen LogP contribution >= 0.6 is 0 Å². The molecule has 1 aliphatic rings. The summed E-state index contributed by atoms with van der Waals surface area (Å²) in [5.74, 6) is -1.18. The Morgan fingerprint density at radius 3 is 2.12 bits per heavy atom. The van der Waals surface area contributed by atoms with Crippen molar-refractivity contribution >= 4 is 34.7 Å². The van der Waals surface area contributed by atoms with Gasteiger partial charge in [-0.3, -0.25) is 19.3 Å². The minimum Gasteiger partial charge on any atom is -0.507 e. The van der Waals surface area contributed by atoms with Crippen molar-refractivity contribution in [3.8, 4) is 5.75 Å². The number of ketones is 1. The Morgan fingerprint density at radius 2 is 1.60 bits per heavy atom. The van der Waals surface area contributed by atoms with Crippen molar-refractivity contribution in [3.63, 3.8) is 0 Å². The fourth-order valence-electron chi connectivity index (χ4n) is 4.98. The molecule has 208 valence electrons. The average molecular weight is 541 g/mol. The highest BCUT2D eigenvalue weighted by Crippen LogP contribution is 2.43. The number of aliphatic hydroxyl groups excluding tert-OH is 1. The molecule has 3 aromatic rings. The van der Waals surface area contributed by atoms with Gasteiger partial charge < -0.3 is 15.2 Å². The monoisotopic (exact) mass is 540 g/mol. The van der Waals surface area contributed by atoms with Crippen molar-refractivity contribution in [1.82, 2.24) is 0 Å². The van der Waals surface area contributed by atoms with Gasteiger partial charge in [0, 0.05) is 23.9 Å². The minimum atomic E-state index is -0.856. The summed E-state index contributed by atoms with van der Waals surface area (Å²) in [6.45, 7) is 11.8. The number of anilines is 2. The van der Waals surface area contributed by atoms with Crippen LogP contribution in [-0.2, 0) is 19.8 Å². The number of nitrogens with zero attached hydrogens (tertiary/aromatic N) is 1. The van der Waals surface area contributed by atoms with Crippen LogP contribution in [-0.4, -0.2) is 29.8 Å². The van der Waals surface area contributed by atoms with Gasteiger partial charge in [0.2, 0.25) is 5.91 Å². The van der Waals surface area contributed by atoms with Gasteiger partial charge in [-0.1, -0.05) is 58.9 Å². The maximum absolute atomic E-state index is 13.6. The maximum atomic E-state index is 13.6. The molecule has 0 radical (unpaired) electrons. The number of ether oxygens (including phenoxy) is 1. The summed E-state index contributed by atoms with van der Waals surface area (Å²) in [5.41, 5.74) is 4.06. The largest absolute Gasteiger partial charge is 0.507 e. The number of hydrogen-bond donors (Lipinski definition) is 2. The summed E-state index contributed by atoms with van der Waals surface area (Å²) in [5, 5.41) is 14.3. The molecule has 4 rings (SSSR count). The number of hydrogen-bond acceptors (Lipinski definition) is 5. The summed E-state index contributed by atoms with van der Waals surface area (Å²) in [4.78, 5) is 40.0. The van der Waals surface area contributed by atoms with Crippen molar-refractivity contribution in [1.29, 1.82) is 0 Å². The highest BCUT2D eigenvalue weighted by molar-refractivity contribution is 6.51. The van der Waals surface area contributed by atoms with Crippen molar-refractivity contribution < 1.29 is 24.2 Å². The van der Waals surface area contributed by atoms with Gasteiger partial charge in [-0.2, -0.15) is 0 Å². The molecule has 2 N–H and O–H groups in total. The van der Waals surface area contributed by atoms with Gasteiger partial charge in [0.05, 0.1) is 18.7 Å². The number of aliphatic hydroxyl groups is 1. The Kier molecular flexibility index (Phi) is 7.87. The van der Waals surface area contributed by atoms with E-state index in [2.05, 4.69) is 26.1 Å². The van der Waals surface area contributed by atoms with E-state index in [1.54, 1.807) is 49.6 Å². The van der Waals surface area contributed by atoms with Crippen LogP contribution in [0.4, 0.5) is 11.4 Å². The minimum absolute atomic E-state index is 0.0133. The number of amides is 2. The predicted molar refractivity (Wildman–Crippen MR) is 158 cm³/mol. The van der Waals surface area contributed by atoms with Crippen LogP contribution in [0.1, 0.15) is 75.8 Å². The number of carbonyl (C=O) groups excluding carboxylic acids is 3. The highest BCUT2D eigenvalue weighted by atomic mass is 16.5. The van der Waals surface area contributed by atoms with E-state index in [9.17, 15) is 19.5 Å². The van der Waals surface area contributed by atoms with Crippen LogP contribution in [0.15, 0.2) is 72.3 Å². The molecular weight excluding hydrogens is 504 g/mol. The van der Waals surface area contributed by atoms with E-state index in [0.717, 1.165) is 11.1 Å². The predicted octanol–water partition coefficient (Wildman–Crippen LogP) is 6.70. The van der Waals surface area contributed by atoms with Crippen molar-refractivity contribution in [2.45, 2.75) is 58.9 Å². The van der Waals surface area contributed by atoms with Gasteiger partial charge in [0.15, 0.2) is 0 Å². The number of carbonyl (C=O) groups is 3. The average Bonchev–Trinajstić information content (AvgIpc) is 3.17. The van der Waals surface area contributed by atoms with Gasteiger partial charge in [-0.05, 0) is 70.5 Å². The lowest BCUT2D eigenvalue weighted by Gasteiger charge is -2.27. The van der Waals surface area contributed by atoms with Crippen LogP contribution < -0.4 is 15.0 Å². The number of rotatable bonds is 6. The Labute approximate surface area is 235 Å². The normalized spacial score (nSPS) is 16.9. The van der Waals surface area contributed by atoms with E-state index in [1.165, 1.54) is 11.8 Å². The summed E-state index contributed by atoms with van der Waals surface area (Å²) in [6, 6.07) is 18.9. The molecule has 0 saturated carbocycles. The third kappa shape index (κ3) is 5.50. The van der Waals surface area contributed by atoms with Crippen LogP contribution in [0.2, 0.25) is 0 Å². The lowest BCUT2D eigenvalue weighted by atomic mass is 9.85. The standard InChI is InChI=1S/C33H36N2O5/c1-19(2)26-18-22(10-17-27(26)40-7)30(37)28-29(21-8-11-23(12-9-21)33(4,5)6)35(32(39)31(28)38)25-15-13-24(14-16-25)34-20(3)36/h8-19,29,37H,1-7H3,(H,34,36)/b30-28-. The topological polar surface area (TPSA) is 95.9 Å². The maximum Gasteiger partial charge on any atom is 0.300 e. The number of methoxy groups -OCH3 is 1. The number of Topliss-reactive ketones (excluding diaryl/α,β-unsaturated/α-hetero) is 1. The molecule has 2 amide bonds. The third-order valence-electron chi connectivity index (χ3n) is 7.13. The molecule has 40 heavy (non-hydrogen) atoms. The fourth-order valence-corrected chi connectivity index (χ4v) is 4.98. The van der Waals surface area contributed by atoms with Crippen LogP contribution in [0, 0.1) is 0 Å². The van der Waals surface area contributed by atoms with E-state index in [0.29, 0.717) is 28.3 Å². The first kappa shape index (κ1) is 28.6. The molecule has 1 atom stereocenters. The molecule has 0 aromatic heterocycles. The zero-order valence-electron chi connectivity index (χ0n) is 24.0. The second-order valence-electron chi connectivity index (χ2n) is 11.4. The Morgan fingerprint density at radius 1 is 0.975 bits per heavy atom. The molecule has 3 aromatic carbocycles. The van der Waals surface area contributed by atoms with Gasteiger partial charge >= 0.3 is 0 Å². The van der Waals surface area contributed by atoms with Crippen molar-refractivity contribution in [2.75, 3.05) is 17.3 Å². The van der Waals surface area contributed by atoms with E-state index in [-0.39, 0.29) is 28.6 Å². The van der Waals surface area contributed by atoms with E-state index in [4.69, 9.17) is 4.74 Å². The quantitative estimate of drug-likeness (QED) is 0.206. The summed E-state index contributed by atoms with van der Waals surface area (Å²) in [7, 11) is 1.59. The highest BCUT2D eigenvalue weighted by Gasteiger charge is 2.47. The fraction of sp³-hybridized carbons (Fsp3) is 0.303. The molecular formula is C33H36N2O5. The molecule has 0 aliphatic carbocycles. The molecule has 0 spiro atoms. The van der Waals surface area contributed by atoms with Crippen LogP contribution in [0.3, 0.4) is 0 Å². The number of nitrogens with one attached hydrogen (secondary N) is 1. The smallest absolute Gasteiger partial charge is 0.300 e. The number of benzene rings is 3. The van der Waals surface area contributed by atoms with E-state index >= 15 is 0 Å². The lowest BCUT2D eigenvalue weighted by molar-refractivity contribution is -0.132. The second-order valence-corrected chi connectivity index (χ2v) is 11.4. The Hall–Kier alpha value is -4.39. The van der Waals surface area contributed by atoms with Crippen molar-refractivity contribution in [2.24, 2.45) is 0 Å². The van der Waals surface area contributed by atoms with E-state index < -0.39 is 17.7 Å². The zero-order chi connectivity index (χ0) is 29.4. The van der Waals surface area contributed by atoms with Gasteiger partial charge in [-0.15, -0.1) is 0 Å². The van der Waals surface area contributed by atoms with E-state index in [1.807, 2.05) is 38.1 Å². The second kappa shape index (κ2) is 11.0. The Bertz CT molecular complexity index is 1480. The molecule has 1 heterocycles. The molecule has 1 saturated heterocycles. The Balaban J connectivity index is 1.91. The first-order valence-corrected chi connectivity index (χ1v) is 13.3. The summed E-state index contributed by atoms with van der Waals surface area (Å²) < 4.78 is 5.49. The molecule has 1 aliphatic heterocycles. The van der Waals surface area contributed by atoms with Gasteiger partial charge in [-0.25, -0.2) is 0 Å². The molecule has 7 nitrogen and oxygen atoms in total. The zero-order valence-corrected chi connectivity index (χ0v) is 24.0. The SMILES string of the molecule is COc1ccc(/C(O)=C2/C(=O)C(=O)N(c3ccc(NC(C)=O)cc3)C2c2ccc(C(C)(C)C)cc2)cc1C(C)C. The lowest BCUT2D eigenvalue weighted by Crippen LogP contribution is -2.29. The van der Waals surface area contributed by atoms with Gasteiger partial charge in [0.25, 0.3) is 11.7 Å².